The molecule has 1 unspecified atom stereocenters. The van der Waals surface area contributed by atoms with E-state index < -0.39 is 0 Å². The van der Waals surface area contributed by atoms with Crippen LogP contribution in [-0.2, 0) is 4.79 Å². The minimum atomic E-state index is -0.375. The highest BCUT2D eigenvalue weighted by Crippen LogP contribution is 2.13. The van der Waals surface area contributed by atoms with Crippen LogP contribution >= 0.6 is 0 Å². The van der Waals surface area contributed by atoms with Crippen molar-refractivity contribution in [2.45, 2.75) is 19.3 Å². The molecule has 0 amide bonds. The van der Waals surface area contributed by atoms with Gasteiger partial charge in [0.25, 0.3) is 0 Å². The lowest BCUT2D eigenvalue weighted by molar-refractivity contribution is -0.109. The number of hydrogen-bond acceptors (Lipinski definition) is 2. The van der Waals surface area contributed by atoms with Crippen LogP contribution in [0.15, 0.2) is 18.3 Å². The van der Waals surface area contributed by atoms with Gasteiger partial charge in [-0.3, -0.25) is 4.98 Å². The summed E-state index contributed by atoms with van der Waals surface area (Å²) < 4.78 is 12.4. The summed E-state index contributed by atoms with van der Waals surface area (Å²) in [6, 6.07) is 2.85. The summed E-state index contributed by atoms with van der Waals surface area (Å²) in [5.41, 5.74) is 0.633. The van der Waals surface area contributed by atoms with Gasteiger partial charge in [0.05, 0.1) is 17.8 Å². The standard InChI is InChI=1S/C9H10FNO/c1-2-7(6-12)9-4-3-8(10)5-11-9/h3-7H,2H2,1H3. The smallest absolute Gasteiger partial charge is 0.141 e. The van der Waals surface area contributed by atoms with E-state index in [1.165, 1.54) is 12.1 Å². The van der Waals surface area contributed by atoms with Crippen molar-refractivity contribution in [1.82, 2.24) is 4.98 Å². The summed E-state index contributed by atoms with van der Waals surface area (Å²) in [6.45, 7) is 1.89. The molecule has 0 bridgehead atoms. The molecule has 0 aliphatic carbocycles. The number of aromatic nitrogens is 1. The van der Waals surface area contributed by atoms with Crippen LogP contribution in [0.3, 0.4) is 0 Å². The molecule has 12 heavy (non-hydrogen) atoms. The average molecular weight is 167 g/mol. The molecule has 1 atom stereocenters. The van der Waals surface area contributed by atoms with Gasteiger partial charge in [-0.25, -0.2) is 4.39 Å². The Hall–Kier alpha value is -1.25. The largest absolute Gasteiger partial charge is 0.303 e. The predicted molar refractivity (Wildman–Crippen MR) is 43.3 cm³/mol. The molecule has 0 aliphatic rings. The van der Waals surface area contributed by atoms with Crippen molar-refractivity contribution in [3.8, 4) is 0 Å². The molecule has 0 N–H and O–H groups in total. The first-order valence-electron chi connectivity index (χ1n) is 3.84. The molecule has 0 spiro atoms. The molecule has 0 saturated carbocycles. The normalized spacial score (nSPS) is 12.5. The molecule has 0 radical (unpaired) electrons. The molecule has 0 saturated heterocycles. The fraction of sp³-hybridized carbons (Fsp3) is 0.333. The zero-order valence-corrected chi connectivity index (χ0v) is 6.83. The van der Waals surface area contributed by atoms with Crippen molar-refractivity contribution < 1.29 is 9.18 Å². The number of hydrogen-bond donors (Lipinski definition) is 0. The van der Waals surface area contributed by atoms with Crippen LogP contribution in [0.25, 0.3) is 0 Å². The third kappa shape index (κ3) is 1.87. The van der Waals surface area contributed by atoms with Gasteiger partial charge >= 0.3 is 0 Å². The molecule has 64 valence electrons. The Kier molecular flexibility index (Phi) is 2.91. The maximum atomic E-state index is 12.4. The van der Waals surface area contributed by atoms with Gasteiger partial charge in [-0.2, -0.15) is 0 Å². The minimum absolute atomic E-state index is 0.203. The molecule has 1 heterocycles. The van der Waals surface area contributed by atoms with Crippen molar-refractivity contribution in [3.05, 3.63) is 29.8 Å². The number of aldehydes is 1. The molecule has 0 aromatic carbocycles. The Morgan fingerprint density at radius 2 is 2.42 bits per heavy atom. The molecule has 3 heteroatoms. The third-order valence-electron chi connectivity index (χ3n) is 1.73. The van der Waals surface area contributed by atoms with Gasteiger partial charge in [0.2, 0.25) is 0 Å². The predicted octanol–water partition coefficient (Wildman–Crippen LogP) is 1.91. The van der Waals surface area contributed by atoms with E-state index in [-0.39, 0.29) is 11.7 Å². The van der Waals surface area contributed by atoms with E-state index in [0.717, 1.165) is 12.5 Å². The van der Waals surface area contributed by atoms with E-state index in [1.54, 1.807) is 0 Å². The summed E-state index contributed by atoms with van der Waals surface area (Å²) in [4.78, 5) is 14.3. The lowest BCUT2D eigenvalue weighted by atomic mass is 10.0. The Labute approximate surface area is 70.4 Å². The Balaban J connectivity index is 2.87. The minimum Gasteiger partial charge on any atom is -0.303 e. The van der Waals surface area contributed by atoms with Gasteiger partial charge in [-0.1, -0.05) is 6.92 Å². The summed E-state index contributed by atoms with van der Waals surface area (Å²) in [5, 5.41) is 0. The number of nitrogens with zero attached hydrogens (tertiary/aromatic N) is 1. The number of rotatable bonds is 3. The second-order valence-corrected chi connectivity index (χ2v) is 2.55. The second kappa shape index (κ2) is 3.95. The second-order valence-electron chi connectivity index (χ2n) is 2.55. The van der Waals surface area contributed by atoms with Gasteiger partial charge in [0, 0.05) is 0 Å². The van der Waals surface area contributed by atoms with E-state index in [4.69, 9.17) is 0 Å². The van der Waals surface area contributed by atoms with Gasteiger partial charge in [0.1, 0.15) is 12.1 Å². The van der Waals surface area contributed by atoms with Crippen LogP contribution in [0.4, 0.5) is 4.39 Å². The van der Waals surface area contributed by atoms with Crippen LogP contribution in [0.2, 0.25) is 0 Å². The maximum absolute atomic E-state index is 12.4. The Morgan fingerprint density at radius 1 is 1.67 bits per heavy atom. The highest BCUT2D eigenvalue weighted by atomic mass is 19.1. The average Bonchev–Trinajstić information content (AvgIpc) is 2.10. The van der Waals surface area contributed by atoms with E-state index in [2.05, 4.69) is 4.98 Å². The summed E-state index contributed by atoms with van der Waals surface area (Å²) in [6.07, 6.45) is 2.66. The number of carbonyl (C=O) groups is 1. The van der Waals surface area contributed by atoms with Crippen molar-refractivity contribution in [3.63, 3.8) is 0 Å². The number of pyridine rings is 1. The Bertz CT molecular complexity index is 258. The molecule has 0 fully saturated rings. The topological polar surface area (TPSA) is 30.0 Å². The fourth-order valence-electron chi connectivity index (χ4n) is 0.982. The van der Waals surface area contributed by atoms with E-state index >= 15 is 0 Å². The van der Waals surface area contributed by atoms with Crippen LogP contribution in [0.1, 0.15) is 25.0 Å². The van der Waals surface area contributed by atoms with Gasteiger partial charge in [-0.15, -0.1) is 0 Å². The van der Waals surface area contributed by atoms with Gasteiger partial charge in [0.15, 0.2) is 0 Å². The molecular weight excluding hydrogens is 157 g/mol. The summed E-state index contributed by atoms with van der Waals surface area (Å²) in [5.74, 6) is -0.579. The van der Waals surface area contributed by atoms with Gasteiger partial charge < -0.3 is 4.79 Å². The van der Waals surface area contributed by atoms with Crippen molar-refractivity contribution in [1.29, 1.82) is 0 Å². The number of halogens is 1. The molecule has 1 aromatic heterocycles. The van der Waals surface area contributed by atoms with Crippen molar-refractivity contribution in [2.24, 2.45) is 0 Å². The first-order valence-corrected chi connectivity index (χ1v) is 3.84. The van der Waals surface area contributed by atoms with E-state index in [1.807, 2.05) is 6.92 Å². The maximum Gasteiger partial charge on any atom is 0.141 e. The quantitative estimate of drug-likeness (QED) is 0.643. The SMILES string of the molecule is CCC(C=O)c1ccc(F)cn1. The number of carbonyl (C=O) groups excluding carboxylic acids is 1. The zero-order chi connectivity index (χ0) is 8.97. The van der Waals surface area contributed by atoms with Crippen LogP contribution in [0, 0.1) is 5.82 Å². The molecule has 1 rings (SSSR count). The third-order valence-corrected chi connectivity index (χ3v) is 1.73. The fourth-order valence-corrected chi connectivity index (χ4v) is 0.982. The van der Waals surface area contributed by atoms with Crippen molar-refractivity contribution >= 4 is 6.29 Å². The monoisotopic (exact) mass is 167 g/mol. The van der Waals surface area contributed by atoms with Crippen LogP contribution in [0.5, 0.6) is 0 Å². The van der Waals surface area contributed by atoms with E-state index in [9.17, 15) is 9.18 Å². The van der Waals surface area contributed by atoms with Gasteiger partial charge in [-0.05, 0) is 18.6 Å². The highest BCUT2D eigenvalue weighted by molar-refractivity contribution is 5.60. The Morgan fingerprint density at radius 3 is 2.83 bits per heavy atom. The summed E-state index contributed by atoms with van der Waals surface area (Å²) in [7, 11) is 0. The molecule has 1 aromatic rings. The summed E-state index contributed by atoms with van der Waals surface area (Å²) >= 11 is 0. The van der Waals surface area contributed by atoms with Crippen LogP contribution in [-0.4, -0.2) is 11.3 Å². The van der Waals surface area contributed by atoms with E-state index in [0.29, 0.717) is 12.1 Å². The van der Waals surface area contributed by atoms with Crippen molar-refractivity contribution in [2.75, 3.05) is 0 Å². The molecule has 2 nitrogen and oxygen atoms in total. The molecular formula is C9H10FNO. The first kappa shape index (κ1) is 8.84. The lowest BCUT2D eigenvalue weighted by Gasteiger charge is -2.04. The lowest BCUT2D eigenvalue weighted by Crippen LogP contribution is -2.01. The highest BCUT2D eigenvalue weighted by Gasteiger charge is 2.08. The first-order chi connectivity index (χ1) is 5.77. The van der Waals surface area contributed by atoms with Crippen LogP contribution < -0.4 is 0 Å². The zero-order valence-electron chi connectivity index (χ0n) is 6.83. The molecule has 0 aliphatic heterocycles.